The van der Waals surface area contributed by atoms with Crippen LogP contribution in [0.5, 0.6) is 0 Å². The molecule has 3 saturated heterocycles. The van der Waals surface area contributed by atoms with Gasteiger partial charge in [0.2, 0.25) is 0 Å². The van der Waals surface area contributed by atoms with Crippen LogP contribution in [-0.2, 0) is 21.4 Å². The Kier molecular flexibility index (Phi) is 5.69. The van der Waals surface area contributed by atoms with E-state index in [-0.39, 0.29) is 35.9 Å². The standard InChI is InChI=1S/C22H33N3O4/c1-22(2,3)19-14-29-20(23-19)10-15-4-7-24(8-5-15)21(27)25-9-6-18-16(12-25)11-17(26)13-28-18/h14-16,18H,4-13H2,1-3H3/t16-,18+/m1/s1. The smallest absolute Gasteiger partial charge is 0.320 e. The van der Waals surface area contributed by atoms with Gasteiger partial charge in [-0.05, 0) is 25.2 Å². The summed E-state index contributed by atoms with van der Waals surface area (Å²) in [6.07, 6.45) is 6.08. The van der Waals surface area contributed by atoms with Gasteiger partial charge in [-0.15, -0.1) is 0 Å². The second kappa shape index (κ2) is 8.09. The zero-order valence-corrected chi connectivity index (χ0v) is 17.9. The number of oxazole rings is 1. The molecule has 0 unspecified atom stereocenters. The summed E-state index contributed by atoms with van der Waals surface area (Å²) < 4.78 is 11.3. The summed E-state index contributed by atoms with van der Waals surface area (Å²) in [5.41, 5.74) is 0.993. The molecule has 0 spiro atoms. The number of carbonyl (C=O) groups excluding carboxylic acids is 2. The number of ketones is 1. The number of hydrogen-bond donors (Lipinski definition) is 0. The van der Waals surface area contributed by atoms with E-state index in [1.165, 1.54) is 0 Å². The molecular weight excluding hydrogens is 370 g/mol. The maximum absolute atomic E-state index is 13.0. The Morgan fingerprint density at radius 2 is 1.90 bits per heavy atom. The molecule has 3 aliphatic rings. The van der Waals surface area contributed by atoms with E-state index in [1.807, 2.05) is 9.80 Å². The van der Waals surface area contributed by atoms with Gasteiger partial charge in [-0.3, -0.25) is 4.79 Å². The molecule has 3 fully saturated rings. The molecule has 0 N–H and O–H groups in total. The third kappa shape index (κ3) is 4.65. The second-order valence-corrected chi connectivity index (χ2v) is 9.88. The Balaban J connectivity index is 1.26. The minimum absolute atomic E-state index is 0.00102. The molecule has 29 heavy (non-hydrogen) atoms. The number of hydrogen-bond acceptors (Lipinski definition) is 5. The van der Waals surface area contributed by atoms with Crippen LogP contribution in [0.25, 0.3) is 0 Å². The summed E-state index contributed by atoms with van der Waals surface area (Å²) >= 11 is 0. The molecule has 0 aromatic carbocycles. The van der Waals surface area contributed by atoms with Gasteiger partial charge in [-0.1, -0.05) is 20.8 Å². The van der Waals surface area contributed by atoms with Crippen molar-refractivity contribution in [3.63, 3.8) is 0 Å². The highest BCUT2D eigenvalue weighted by Crippen LogP contribution is 2.29. The topological polar surface area (TPSA) is 75.9 Å². The maximum Gasteiger partial charge on any atom is 0.320 e. The van der Waals surface area contributed by atoms with Crippen LogP contribution in [0, 0.1) is 11.8 Å². The number of fused-ring (bicyclic) bond motifs is 1. The number of nitrogens with zero attached hydrogens (tertiary/aromatic N) is 3. The molecule has 1 aromatic heterocycles. The number of urea groups is 1. The van der Waals surface area contributed by atoms with Crippen LogP contribution >= 0.6 is 0 Å². The molecule has 3 aliphatic heterocycles. The third-order valence-electron chi connectivity index (χ3n) is 6.55. The van der Waals surface area contributed by atoms with Gasteiger partial charge in [0.15, 0.2) is 11.7 Å². The zero-order chi connectivity index (χ0) is 20.6. The molecule has 2 atom stereocenters. The van der Waals surface area contributed by atoms with Crippen LogP contribution in [-0.4, -0.2) is 65.5 Å². The maximum atomic E-state index is 13.0. The average molecular weight is 404 g/mol. The van der Waals surface area contributed by atoms with Crippen LogP contribution in [0.4, 0.5) is 4.79 Å². The predicted molar refractivity (Wildman–Crippen MR) is 108 cm³/mol. The fourth-order valence-corrected chi connectivity index (χ4v) is 4.68. The number of ether oxygens (including phenoxy) is 1. The van der Waals surface area contributed by atoms with Crippen molar-refractivity contribution in [1.29, 1.82) is 0 Å². The van der Waals surface area contributed by atoms with Crippen molar-refractivity contribution in [2.45, 2.75) is 64.4 Å². The van der Waals surface area contributed by atoms with Crippen molar-refractivity contribution in [3.8, 4) is 0 Å². The van der Waals surface area contributed by atoms with Crippen molar-refractivity contribution in [2.75, 3.05) is 32.8 Å². The number of Topliss-reactive ketones (excluding diaryl/α,β-unsaturated/α-hetero) is 1. The zero-order valence-electron chi connectivity index (χ0n) is 17.9. The Morgan fingerprint density at radius 3 is 2.59 bits per heavy atom. The highest BCUT2D eigenvalue weighted by molar-refractivity contribution is 5.81. The Bertz CT molecular complexity index is 745. The largest absolute Gasteiger partial charge is 0.449 e. The average Bonchev–Trinajstić information content (AvgIpc) is 3.16. The molecular formula is C22H33N3O4. The molecule has 7 heteroatoms. The summed E-state index contributed by atoms with van der Waals surface area (Å²) in [7, 11) is 0. The van der Waals surface area contributed by atoms with Crippen LogP contribution in [0.15, 0.2) is 10.7 Å². The first-order valence-electron chi connectivity index (χ1n) is 10.9. The van der Waals surface area contributed by atoms with Gasteiger partial charge >= 0.3 is 6.03 Å². The van der Waals surface area contributed by atoms with Gasteiger partial charge in [0.25, 0.3) is 0 Å². The van der Waals surface area contributed by atoms with Gasteiger partial charge < -0.3 is 19.0 Å². The van der Waals surface area contributed by atoms with Crippen LogP contribution in [0.3, 0.4) is 0 Å². The fraction of sp³-hybridized carbons (Fsp3) is 0.773. The van der Waals surface area contributed by atoms with Crippen LogP contribution < -0.4 is 0 Å². The van der Waals surface area contributed by atoms with Crippen LogP contribution in [0.2, 0.25) is 0 Å². The van der Waals surface area contributed by atoms with Gasteiger partial charge in [0.05, 0.1) is 11.8 Å². The highest BCUT2D eigenvalue weighted by atomic mass is 16.5. The van der Waals surface area contributed by atoms with E-state index in [4.69, 9.17) is 9.15 Å². The molecule has 0 radical (unpaired) electrons. The molecule has 0 bridgehead atoms. The lowest BCUT2D eigenvalue weighted by molar-refractivity contribution is -0.140. The number of piperidine rings is 2. The lowest BCUT2D eigenvalue weighted by Crippen LogP contribution is -2.54. The minimum Gasteiger partial charge on any atom is -0.449 e. The molecule has 4 heterocycles. The summed E-state index contributed by atoms with van der Waals surface area (Å²) in [6, 6.07) is 0.117. The minimum atomic E-state index is -0.00102. The van der Waals surface area contributed by atoms with Gasteiger partial charge in [0.1, 0.15) is 12.9 Å². The van der Waals surface area contributed by atoms with Gasteiger partial charge in [-0.25, -0.2) is 9.78 Å². The molecule has 160 valence electrons. The van der Waals surface area contributed by atoms with Crippen LogP contribution in [0.1, 0.15) is 58.0 Å². The van der Waals surface area contributed by atoms with Crippen molar-refractivity contribution in [1.82, 2.24) is 14.8 Å². The van der Waals surface area contributed by atoms with E-state index in [0.717, 1.165) is 56.9 Å². The summed E-state index contributed by atoms with van der Waals surface area (Å²) in [6.45, 7) is 9.56. The SMILES string of the molecule is CC(C)(C)c1coc(CC2CCN(C(=O)N3CC[C@@H]4OCC(=O)C[C@@H]4C3)CC2)n1. The third-order valence-corrected chi connectivity index (χ3v) is 6.55. The Morgan fingerprint density at radius 1 is 1.17 bits per heavy atom. The molecule has 1 aromatic rings. The Hall–Kier alpha value is -1.89. The first-order valence-corrected chi connectivity index (χ1v) is 10.9. The summed E-state index contributed by atoms with van der Waals surface area (Å²) in [5, 5.41) is 0. The van der Waals surface area contributed by atoms with E-state index in [1.54, 1.807) is 6.26 Å². The second-order valence-electron chi connectivity index (χ2n) is 9.88. The quantitative estimate of drug-likeness (QED) is 0.759. The summed E-state index contributed by atoms with van der Waals surface area (Å²) in [5.74, 6) is 1.63. The van der Waals surface area contributed by atoms with Gasteiger partial charge in [-0.2, -0.15) is 0 Å². The predicted octanol–water partition coefficient (Wildman–Crippen LogP) is 3.03. The van der Waals surface area contributed by atoms with E-state index in [9.17, 15) is 9.59 Å². The first-order chi connectivity index (χ1) is 13.8. The fourth-order valence-electron chi connectivity index (χ4n) is 4.68. The molecule has 7 nitrogen and oxygen atoms in total. The molecule has 0 saturated carbocycles. The van der Waals surface area contributed by atoms with E-state index >= 15 is 0 Å². The number of amides is 2. The van der Waals surface area contributed by atoms with E-state index in [2.05, 4.69) is 25.8 Å². The lowest BCUT2D eigenvalue weighted by Gasteiger charge is -2.43. The number of likely N-dealkylation sites (tertiary alicyclic amines) is 2. The summed E-state index contributed by atoms with van der Waals surface area (Å²) in [4.78, 5) is 33.2. The molecule has 4 rings (SSSR count). The van der Waals surface area contributed by atoms with Crippen molar-refractivity contribution < 1.29 is 18.7 Å². The molecule has 2 amide bonds. The Labute approximate surface area is 172 Å². The van der Waals surface area contributed by atoms with Gasteiger partial charge in [0, 0.05) is 50.4 Å². The van der Waals surface area contributed by atoms with Crippen molar-refractivity contribution in [3.05, 3.63) is 17.8 Å². The normalized spacial score (nSPS) is 26.5. The number of aromatic nitrogens is 1. The number of rotatable bonds is 2. The molecule has 0 aliphatic carbocycles. The first kappa shape index (κ1) is 20.4. The lowest BCUT2D eigenvalue weighted by atomic mass is 9.88. The van der Waals surface area contributed by atoms with E-state index < -0.39 is 0 Å². The van der Waals surface area contributed by atoms with Crippen molar-refractivity contribution >= 4 is 11.8 Å². The van der Waals surface area contributed by atoms with Crippen molar-refractivity contribution in [2.24, 2.45) is 11.8 Å². The van der Waals surface area contributed by atoms with E-state index in [0.29, 0.717) is 18.9 Å². The number of carbonyl (C=O) groups is 2. The highest BCUT2D eigenvalue weighted by Gasteiger charge is 2.38. The monoisotopic (exact) mass is 403 g/mol.